The number of carbonyl (C=O) groups excluding carboxylic acids is 3. The number of nitrogens with zero attached hydrogens (tertiary/aromatic N) is 4. The van der Waals surface area contributed by atoms with Crippen LogP contribution in [0.2, 0.25) is 5.02 Å². The number of amides is 3. The minimum absolute atomic E-state index is 0.0808. The average molecular weight is 579 g/mol. The van der Waals surface area contributed by atoms with E-state index in [9.17, 15) is 23.2 Å². The second-order valence-corrected chi connectivity index (χ2v) is 9.53. The number of aromatic nitrogens is 2. The summed E-state index contributed by atoms with van der Waals surface area (Å²) >= 11 is 5.79. The molecule has 1 aromatic heterocycles. The molecular formula is C29H25ClF2N6O3. The Labute approximate surface area is 239 Å². The maximum Gasteiger partial charge on any atom is 0.269 e. The van der Waals surface area contributed by atoms with Crippen molar-refractivity contribution in [1.29, 1.82) is 0 Å². The molecule has 0 bridgehead atoms. The molecule has 41 heavy (non-hydrogen) atoms. The molecule has 1 saturated heterocycles. The lowest BCUT2D eigenvalue weighted by Crippen LogP contribution is -2.46. The fraction of sp³-hybridized carbons (Fsp3) is 0.207. The van der Waals surface area contributed by atoms with Crippen molar-refractivity contribution in [2.24, 2.45) is 10.7 Å². The zero-order valence-corrected chi connectivity index (χ0v) is 22.5. The topological polar surface area (TPSA) is 123 Å². The van der Waals surface area contributed by atoms with E-state index in [0.29, 0.717) is 22.2 Å². The number of fused-ring (bicyclic) bond motifs is 1. The van der Waals surface area contributed by atoms with Gasteiger partial charge in [0.25, 0.3) is 5.91 Å². The van der Waals surface area contributed by atoms with Gasteiger partial charge in [-0.05, 0) is 43.0 Å². The van der Waals surface area contributed by atoms with Gasteiger partial charge in [0.05, 0.1) is 17.1 Å². The van der Waals surface area contributed by atoms with Crippen molar-refractivity contribution in [3.8, 4) is 11.8 Å². The number of hydrogen-bond acceptors (Lipinski definition) is 5. The first kappa shape index (κ1) is 29.2. The number of nitrogens with two attached hydrogens (primary N) is 1. The van der Waals surface area contributed by atoms with E-state index >= 15 is 0 Å². The number of likely N-dealkylation sites (tertiary alicyclic amines) is 1. The molecule has 0 spiro atoms. The number of hydrogen-bond donors (Lipinski definition) is 2. The molecule has 4 rings (SSSR count). The highest BCUT2D eigenvalue weighted by Gasteiger charge is 2.40. The summed E-state index contributed by atoms with van der Waals surface area (Å²) in [5.74, 6) is 3.01. The number of allylic oxidation sites excluding steroid dienone is 3. The molecule has 2 heterocycles. The van der Waals surface area contributed by atoms with Crippen molar-refractivity contribution in [1.82, 2.24) is 20.0 Å². The molecule has 3 aromatic rings. The fourth-order valence-electron chi connectivity index (χ4n) is 4.45. The molecule has 1 aliphatic heterocycles. The average Bonchev–Trinajstić information content (AvgIpc) is 3.52. The van der Waals surface area contributed by atoms with Crippen LogP contribution in [0.1, 0.15) is 28.0 Å². The number of nitrogens with one attached hydrogen (secondary N) is 1. The van der Waals surface area contributed by atoms with E-state index in [1.54, 1.807) is 24.3 Å². The first-order valence-corrected chi connectivity index (χ1v) is 12.8. The summed E-state index contributed by atoms with van der Waals surface area (Å²) in [4.78, 5) is 43.2. The minimum atomic E-state index is -1.43. The van der Waals surface area contributed by atoms with Crippen LogP contribution in [0.3, 0.4) is 0 Å². The van der Waals surface area contributed by atoms with Crippen molar-refractivity contribution in [3.05, 3.63) is 88.5 Å². The SMILES string of the molecule is C=C/C=C(/C#Cc1ccc2c(c1)c(C(N)=O)nn2CC(=O)N1C[C@H](F)C[C@H]1C(=O)NCc1cccc(Cl)c1F)N=C. The molecule has 0 saturated carbocycles. The largest absolute Gasteiger partial charge is 0.364 e. The molecule has 2 atom stereocenters. The third kappa shape index (κ3) is 6.50. The molecule has 1 aliphatic rings. The van der Waals surface area contributed by atoms with Gasteiger partial charge < -0.3 is 16.0 Å². The molecule has 2 aromatic carbocycles. The molecular weight excluding hydrogens is 554 g/mol. The fourth-order valence-corrected chi connectivity index (χ4v) is 4.65. The zero-order valence-electron chi connectivity index (χ0n) is 21.7. The lowest BCUT2D eigenvalue weighted by molar-refractivity contribution is -0.139. The summed E-state index contributed by atoms with van der Waals surface area (Å²) in [5, 5.41) is 7.03. The summed E-state index contributed by atoms with van der Waals surface area (Å²) in [6.07, 6.45) is 1.46. The Hall–Kier alpha value is -4.82. The van der Waals surface area contributed by atoms with E-state index in [2.05, 4.69) is 40.5 Å². The van der Waals surface area contributed by atoms with Crippen LogP contribution in [0.25, 0.3) is 10.9 Å². The molecule has 0 aliphatic carbocycles. The first-order chi connectivity index (χ1) is 19.6. The first-order valence-electron chi connectivity index (χ1n) is 12.4. The number of benzene rings is 2. The number of halogens is 3. The Balaban J connectivity index is 1.55. The summed E-state index contributed by atoms with van der Waals surface area (Å²) < 4.78 is 29.9. The monoisotopic (exact) mass is 578 g/mol. The van der Waals surface area contributed by atoms with Gasteiger partial charge in [0.15, 0.2) is 5.69 Å². The Morgan fingerprint density at radius 2 is 2.07 bits per heavy atom. The molecule has 210 valence electrons. The third-order valence-corrected chi connectivity index (χ3v) is 6.70. The van der Waals surface area contributed by atoms with Gasteiger partial charge in [-0.2, -0.15) is 5.10 Å². The van der Waals surface area contributed by atoms with Gasteiger partial charge in [0, 0.05) is 29.5 Å². The van der Waals surface area contributed by atoms with Gasteiger partial charge >= 0.3 is 0 Å². The van der Waals surface area contributed by atoms with Gasteiger partial charge in [-0.1, -0.05) is 42.3 Å². The van der Waals surface area contributed by atoms with E-state index in [-0.39, 0.29) is 42.3 Å². The lowest BCUT2D eigenvalue weighted by atomic mass is 10.1. The van der Waals surface area contributed by atoms with Crippen LogP contribution in [0, 0.1) is 17.7 Å². The Kier molecular flexibility index (Phi) is 8.94. The van der Waals surface area contributed by atoms with Crippen molar-refractivity contribution in [2.45, 2.75) is 31.7 Å². The Morgan fingerprint density at radius 3 is 2.78 bits per heavy atom. The van der Waals surface area contributed by atoms with Crippen LogP contribution in [0.15, 0.2) is 65.8 Å². The number of rotatable bonds is 8. The number of alkyl halides is 1. The maximum absolute atomic E-state index is 14.4. The lowest BCUT2D eigenvalue weighted by Gasteiger charge is -2.24. The van der Waals surface area contributed by atoms with Crippen LogP contribution < -0.4 is 11.1 Å². The normalized spacial score (nSPS) is 16.7. The van der Waals surface area contributed by atoms with Crippen LogP contribution in [0.5, 0.6) is 0 Å². The second kappa shape index (κ2) is 12.6. The minimum Gasteiger partial charge on any atom is -0.364 e. The number of aliphatic imine (C=N–C) groups is 1. The molecule has 9 nitrogen and oxygen atoms in total. The Morgan fingerprint density at radius 1 is 1.29 bits per heavy atom. The summed E-state index contributed by atoms with van der Waals surface area (Å²) in [7, 11) is 0. The summed E-state index contributed by atoms with van der Waals surface area (Å²) in [6, 6.07) is 8.14. The van der Waals surface area contributed by atoms with Gasteiger partial charge in [-0.25, -0.2) is 8.78 Å². The molecule has 0 radical (unpaired) electrons. The van der Waals surface area contributed by atoms with Crippen LogP contribution in [-0.2, 0) is 22.7 Å². The van der Waals surface area contributed by atoms with Crippen molar-refractivity contribution >= 4 is 46.9 Å². The highest BCUT2D eigenvalue weighted by atomic mass is 35.5. The van der Waals surface area contributed by atoms with Crippen LogP contribution >= 0.6 is 11.6 Å². The smallest absolute Gasteiger partial charge is 0.269 e. The predicted octanol–water partition coefficient (Wildman–Crippen LogP) is 3.31. The van der Waals surface area contributed by atoms with Crippen molar-refractivity contribution in [3.63, 3.8) is 0 Å². The van der Waals surface area contributed by atoms with Crippen LogP contribution in [-0.4, -0.2) is 57.9 Å². The van der Waals surface area contributed by atoms with E-state index in [1.807, 2.05) is 0 Å². The van der Waals surface area contributed by atoms with Gasteiger partial charge in [0.1, 0.15) is 30.3 Å². The summed E-state index contributed by atoms with van der Waals surface area (Å²) in [6.45, 7) is 6.16. The van der Waals surface area contributed by atoms with E-state index in [4.69, 9.17) is 17.3 Å². The van der Waals surface area contributed by atoms with E-state index in [0.717, 1.165) is 4.90 Å². The van der Waals surface area contributed by atoms with E-state index in [1.165, 1.54) is 29.0 Å². The van der Waals surface area contributed by atoms with Gasteiger partial charge in [-0.15, -0.1) is 0 Å². The third-order valence-electron chi connectivity index (χ3n) is 6.41. The molecule has 3 N–H and O–H groups in total. The highest BCUT2D eigenvalue weighted by Crippen LogP contribution is 2.24. The van der Waals surface area contributed by atoms with Crippen molar-refractivity contribution < 1.29 is 23.2 Å². The molecule has 1 fully saturated rings. The number of carbonyl (C=O) groups is 3. The number of primary amides is 1. The highest BCUT2D eigenvalue weighted by molar-refractivity contribution is 6.30. The van der Waals surface area contributed by atoms with Crippen molar-refractivity contribution in [2.75, 3.05) is 6.54 Å². The van der Waals surface area contributed by atoms with Crippen LogP contribution in [0.4, 0.5) is 8.78 Å². The molecule has 12 heteroatoms. The van der Waals surface area contributed by atoms with Gasteiger partial charge in [0.2, 0.25) is 11.8 Å². The quantitative estimate of drug-likeness (QED) is 0.242. The maximum atomic E-state index is 14.4. The predicted molar refractivity (Wildman–Crippen MR) is 151 cm³/mol. The van der Waals surface area contributed by atoms with E-state index < -0.39 is 35.8 Å². The summed E-state index contributed by atoms with van der Waals surface area (Å²) in [5.41, 5.74) is 6.93. The van der Waals surface area contributed by atoms with Gasteiger partial charge in [-0.3, -0.25) is 24.1 Å². The second-order valence-electron chi connectivity index (χ2n) is 9.12. The molecule has 3 amide bonds. The Bertz CT molecular complexity index is 1660. The molecule has 0 unspecified atom stereocenters. The standard InChI is InChI=1S/C29H25ClF2N6O3/c1-3-5-20(34-2)10-8-17-9-11-23-21(12-17)27(28(33)40)36-38(23)16-25(39)37-15-19(31)13-24(37)29(41)35-14-18-6-4-7-22(30)26(18)32/h3-7,9,11-12,19,24H,1-2,13-16H2,(H2,33,40)(H,35,41)/b20-5-/t19-,24+/m1/s1. The zero-order chi connectivity index (χ0) is 29.7.